The van der Waals surface area contributed by atoms with Crippen molar-refractivity contribution in [2.45, 2.75) is 26.9 Å². The molecule has 0 saturated heterocycles. The maximum atomic E-state index is 13.8. The van der Waals surface area contributed by atoms with Gasteiger partial charge in [0.1, 0.15) is 17.7 Å². The summed E-state index contributed by atoms with van der Waals surface area (Å²) in [6, 6.07) is 3.99. The quantitative estimate of drug-likeness (QED) is 0.871. The highest BCUT2D eigenvalue weighted by Gasteiger charge is 2.19. The molecule has 1 N–H and O–H groups in total. The Morgan fingerprint density at radius 2 is 1.67 bits per heavy atom. The molecule has 96 valence electrons. The topological polar surface area (TPSA) is 20.2 Å². The Morgan fingerprint density at radius 3 is 2.22 bits per heavy atom. The summed E-state index contributed by atoms with van der Waals surface area (Å²) in [6.07, 6.45) is -1.11. The third-order valence-electron chi connectivity index (χ3n) is 3.03. The largest absolute Gasteiger partial charge is 0.383 e. The van der Waals surface area contributed by atoms with Gasteiger partial charge in [-0.15, -0.1) is 11.3 Å². The van der Waals surface area contributed by atoms with Gasteiger partial charge in [-0.1, -0.05) is 0 Å². The van der Waals surface area contributed by atoms with Crippen LogP contribution in [-0.2, 0) is 0 Å². The number of hydrogen-bond acceptors (Lipinski definition) is 2. The molecule has 1 nitrogen and oxygen atoms in total. The molecule has 0 aliphatic heterocycles. The van der Waals surface area contributed by atoms with Gasteiger partial charge in [-0.25, -0.2) is 8.78 Å². The van der Waals surface area contributed by atoms with E-state index in [0.717, 1.165) is 22.6 Å². The minimum atomic E-state index is -1.11. The lowest BCUT2D eigenvalue weighted by Crippen LogP contribution is -2.02. The van der Waals surface area contributed by atoms with E-state index in [1.807, 2.05) is 19.9 Å². The molecule has 4 heteroatoms. The van der Waals surface area contributed by atoms with E-state index in [4.69, 9.17) is 0 Å². The van der Waals surface area contributed by atoms with Crippen LogP contribution in [0.2, 0.25) is 0 Å². The van der Waals surface area contributed by atoms with Crippen LogP contribution in [0.15, 0.2) is 18.2 Å². The number of rotatable bonds is 2. The molecule has 0 radical (unpaired) electrons. The van der Waals surface area contributed by atoms with Crippen LogP contribution in [0.25, 0.3) is 0 Å². The van der Waals surface area contributed by atoms with Gasteiger partial charge in [0.2, 0.25) is 0 Å². The molecule has 1 heterocycles. The van der Waals surface area contributed by atoms with Gasteiger partial charge in [0.15, 0.2) is 0 Å². The molecule has 0 saturated carbocycles. The van der Waals surface area contributed by atoms with Crippen LogP contribution in [-0.4, -0.2) is 5.11 Å². The van der Waals surface area contributed by atoms with E-state index in [0.29, 0.717) is 4.88 Å². The average Bonchev–Trinajstić information content (AvgIpc) is 2.63. The van der Waals surface area contributed by atoms with E-state index >= 15 is 0 Å². The normalized spacial score (nSPS) is 12.8. The van der Waals surface area contributed by atoms with Gasteiger partial charge in [0.25, 0.3) is 0 Å². The number of hydrogen-bond donors (Lipinski definition) is 1. The lowest BCUT2D eigenvalue weighted by Gasteiger charge is -2.11. The van der Waals surface area contributed by atoms with Crippen LogP contribution in [0, 0.1) is 32.4 Å². The van der Waals surface area contributed by atoms with E-state index < -0.39 is 17.7 Å². The highest BCUT2D eigenvalue weighted by atomic mass is 32.1. The molecule has 1 aromatic heterocycles. The fourth-order valence-electron chi connectivity index (χ4n) is 1.76. The minimum Gasteiger partial charge on any atom is -0.383 e. The second-order valence-corrected chi connectivity index (χ2v) is 5.70. The van der Waals surface area contributed by atoms with E-state index in [2.05, 4.69) is 0 Å². The van der Waals surface area contributed by atoms with Crippen molar-refractivity contribution in [3.63, 3.8) is 0 Å². The number of aliphatic hydroxyl groups is 1. The van der Waals surface area contributed by atoms with Crippen molar-refractivity contribution in [1.82, 2.24) is 0 Å². The number of aliphatic hydroxyl groups excluding tert-OH is 1. The third-order valence-corrected chi connectivity index (χ3v) is 4.23. The Bertz CT molecular complexity index is 570. The van der Waals surface area contributed by atoms with Gasteiger partial charge in [-0.3, -0.25) is 0 Å². The van der Waals surface area contributed by atoms with Crippen LogP contribution in [0.5, 0.6) is 0 Å². The molecule has 0 spiro atoms. The van der Waals surface area contributed by atoms with Gasteiger partial charge in [-0.05, 0) is 50.1 Å². The monoisotopic (exact) mass is 268 g/mol. The van der Waals surface area contributed by atoms with Crippen LogP contribution >= 0.6 is 11.3 Å². The Kier molecular flexibility index (Phi) is 3.50. The lowest BCUT2D eigenvalue weighted by atomic mass is 10.0. The lowest BCUT2D eigenvalue weighted by molar-refractivity contribution is 0.218. The van der Waals surface area contributed by atoms with Crippen LogP contribution in [0.4, 0.5) is 8.78 Å². The van der Waals surface area contributed by atoms with Gasteiger partial charge in [-0.2, -0.15) is 0 Å². The van der Waals surface area contributed by atoms with Gasteiger partial charge < -0.3 is 5.11 Å². The second kappa shape index (κ2) is 4.78. The number of aryl methyl sites for hydroxylation is 3. The van der Waals surface area contributed by atoms with Crippen molar-refractivity contribution in [2.24, 2.45) is 0 Å². The predicted molar refractivity (Wildman–Crippen MR) is 68.9 cm³/mol. The number of halogens is 2. The first-order valence-electron chi connectivity index (χ1n) is 5.60. The van der Waals surface area contributed by atoms with E-state index in [1.54, 1.807) is 0 Å². The summed E-state index contributed by atoms with van der Waals surface area (Å²) in [4.78, 5) is 1.70. The second-order valence-electron chi connectivity index (χ2n) is 4.41. The molecule has 0 fully saturated rings. The van der Waals surface area contributed by atoms with Crippen molar-refractivity contribution in [3.8, 4) is 0 Å². The molecule has 0 aliphatic rings. The first kappa shape index (κ1) is 13.2. The zero-order chi connectivity index (χ0) is 13.4. The van der Waals surface area contributed by atoms with Crippen LogP contribution in [0.3, 0.4) is 0 Å². The summed E-state index contributed by atoms with van der Waals surface area (Å²) >= 11 is 1.40. The molecular weight excluding hydrogens is 254 g/mol. The molecule has 0 aliphatic carbocycles. The molecule has 0 bridgehead atoms. The summed E-state index contributed by atoms with van der Waals surface area (Å²) < 4.78 is 27.2. The average molecular weight is 268 g/mol. The maximum Gasteiger partial charge on any atom is 0.129 e. The Balaban J connectivity index is 2.45. The standard InChI is InChI=1S/C14H14F2OS/c1-7-5-13(18-9(7)3)14(17)10-6-11(15)8(2)4-12(10)16/h4-6,14,17H,1-3H3. The Morgan fingerprint density at radius 1 is 1.00 bits per heavy atom. The molecule has 1 unspecified atom stereocenters. The number of thiophene rings is 1. The third kappa shape index (κ3) is 2.31. The molecule has 18 heavy (non-hydrogen) atoms. The van der Waals surface area contributed by atoms with Crippen molar-refractivity contribution in [3.05, 3.63) is 56.3 Å². The van der Waals surface area contributed by atoms with Crippen molar-refractivity contribution >= 4 is 11.3 Å². The first-order chi connectivity index (χ1) is 8.40. The molecule has 1 atom stereocenters. The number of benzene rings is 1. The van der Waals surface area contributed by atoms with E-state index in [-0.39, 0.29) is 11.1 Å². The van der Waals surface area contributed by atoms with Gasteiger partial charge in [0, 0.05) is 15.3 Å². The SMILES string of the molecule is Cc1cc(F)c(C(O)c2cc(C)c(C)s2)cc1F. The van der Waals surface area contributed by atoms with Crippen molar-refractivity contribution in [1.29, 1.82) is 0 Å². The van der Waals surface area contributed by atoms with Gasteiger partial charge >= 0.3 is 0 Å². The molecule has 1 aromatic carbocycles. The highest BCUT2D eigenvalue weighted by molar-refractivity contribution is 7.12. The molecule has 2 aromatic rings. The molecular formula is C14H14F2OS. The maximum absolute atomic E-state index is 13.8. The van der Waals surface area contributed by atoms with E-state index in [9.17, 15) is 13.9 Å². The first-order valence-corrected chi connectivity index (χ1v) is 6.42. The summed E-state index contributed by atoms with van der Waals surface area (Å²) in [5, 5.41) is 10.1. The zero-order valence-corrected chi connectivity index (χ0v) is 11.2. The Hall–Kier alpha value is -1.26. The van der Waals surface area contributed by atoms with Crippen molar-refractivity contribution in [2.75, 3.05) is 0 Å². The Labute approximate surface area is 109 Å². The summed E-state index contributed by atoms with van der Waals surface area (Å²) in [5.74, 6) is -1.08. The highest BCUT2D eigenvalue weighted by Crippen LogP contribution is 2.32. The van der Waals surface area contributed by atoms with Crippen molar-refractivity contribution < 1.29 is 13.9 Å². The van der Waals surface area contributed by atoms with Crippen LogP contribution in [0.1, 0.15) is 32.5 Å². The van der Waals surface area contributed by atoms with E-state index in [1.165, 1.54) is 18.3 Å². The fourth-order valence-corrected chi connectivity index (χ4v) is 2.81. The summed E-state index contributed by atoms with van der Waals surface area (Å²) in [6.45, 7) is 5.35. The minimum absolute atomic E-state index is 0.0145. The summed E-state index contributed by atoms with van der Waals surface area (Å²) in [5.41, 5.74) is 1.27. The fraction of sp³-hybridized carbons (Fsp3) is 0.286. The predicted octanol–water partition coefficient (Wildman–Crippen LogP) is 4.03. The molecule has 2 rings (SSSR count). The van der Waals surface area contributed by atoms with Gasteiger partial charge in [0.05, 0.1) is 0 Å². The zero-order valence-electron chi connectivity index (χ0n) is 10.4. The summed E-state index contributed by atoms with van der Waals surface area (Å²) in [7, 11) is 0. The van der Waals surface area contributed by atoms with Crippen LogP contribution < -0.4 is 0 Å². The molecule has 0 amide bonds. The smallest absolute Gasteiger partial charge is 0.129 e.